The van der Waals surface area contributed by atoms with Crippen molar-refractivity contribution in [2.24, 2.45) is 0 Å². The number of benzene rings is 1. The van der Waals surface area contributed by atoms with Crippen LogP contribution in [0.1, 0.15) is 12.1 Å². The summed E-state index contributed by atoms with van der Waals surface area (Å²) in [4.78, 5) is 15.1. The number of aryl methyl sites for hydroxylation is 1. The van der Waals surface area contributed by atoms with E-state index in [0.29, 0.717) is 30.2 Å². The Bertz CT molecular complexity index is 1150. The summed E-state index contributed by atoms with van der Waals surface area (Å²) in [6, 6.07) is 9.00. The highest BCUT2D eigenvalue weighted by Gasteiger charge is 2.35. The van der Waals surface area contributed by atoms with Crippen LogP contribution >= 0.6 is 0 Å². The molecular formula is C20H23N5O3S. The van der Waals surface area contributed by atoms with Gasteiger partial charge in [0.1, 0.15) is 11.0 Å². The molecule has 0 amide bonds. The van der Waals surface area contributed by atoms with Crippen molar-refractivity contribution >= 4 is 26.7 Å². The van der Waals surface area contributed by atoms with Gasteiger partial charge in [0, 0.05) is 31.7 Å². The van der Waals surface area contributed by atoms with E-state index >= 15 is 0 Å². The fourth-order valence-corrected chi connectivity index (χ4v) is 5.00. The van der Waals surface area contributed by atoms with Gasteiger partial charge >= 0.3 is 0 Å². The first-order valence-electron chi connectivity index (χ1n) is 9.37. The number of para-hydroxylation sites is 1. The standard InChI is InChI=1S/C20H23N5O3S/c1-14-7-8-15-5-4-6-17(20(15)22-14)29(26,27)25-10-9-16(13-25)28-19-12-21-11-18(23-19)24(2)3/h4-8,11-12,16H,9-10,13H2,1-3H3. The van der Waals surface area contributed by atoms with Crippen LogP contribution in [0, 0.1) is 6.92 Å². The molecule has 0 bridgehead atoms. The molecule has 1 atom stereocenters. The normalized spacial score (nSPS) is 17.6. The number of anilines is 1. The van der Waals surface area contributed by atoms with Gasteiger partial charge in [0.25, 0.3) is 0 Å². The minimum absolute atomic E-state index is 0.230. The van der Waals surface area contributed by atoms with Crippen molar-refractivity contribution in [3.8, 4) is 5.88 Å². The second kappa shape index (κ2) is 7.57. The van der Waals surface area contributed by atoms with Gasteiger partial charge in [0.2, 0.25) is 15.9 Å². The molecule has 0 aliphatic carbocycles. The number of ether oxygens (including phenoxy) is 1. The second-order valence-corrected chi connectivity index (χ2v) is 9.19. The highest BCUT2D eigenvalue weighted by molar-refractivity contribution is 7.89. The number of aromatic nitrogens is 3. The van der Waals surface area contributed by atoms with E-state index in [4.69, 9.17) is 4.74 Å². The third kappa shape index (κ3) is 3.88. The van der Waals surface area contributed by atoms with Crippen molar-refractivity contribution in [2.75, 3.05) is 32.1 Å². The van der Waals surface area contributed by atoms with Gasteiger partial charge in [0.05, 0.1) is 24.5 Å². The van der Waals surface area contributed by atoms with Crippen molar-refractivity contribution in [3.05, 3.63) is 48.4 Å². The summed E-state index contributed by atoms with van der Waals surface area (Å²) in [6.45, 7) is 2.50. The Balaban J connectivity index is 1.56. The van der Waals surface area contributed by atoms with Crippen LogP contribution in [-0.2, 0) is 10.0 Å². The second-order valence-electron chi connectivity index (χ2n) is 7.28. The van der Waals surface area contributed by atoms with E-state index in [2.05, 4.69) is 15.0 Å². The monoisotopic (exact) mass is 413 g/mol. The molecule has 1 unspecified atom stereocenters. The lowest BCUT2D eigenvalue weighted by molar-refractivity contribution is 0.206. The zero-order valence-corrected chi connectivity index (χ0v) is 17.4. The van der Waals surface area contributed by atoms with Gasteiger partial charge in [0.15, 0.2) is 5.82 Å². The van der Waals surface area contributed by atoms with Gasteiger partial charge in [-0.3, -0.25) is 9.97 Å². The Hall–Kier alpha value is -2.78. The molecular weight excluding hydrogens is 390 g/mol. The maximum atomic E-state index is 13.3. The van der Waals surface area contributed by atoms with Crippen molar-refractivity contribution < 1.29 is 13.2 Å². The Kier molecular flexibility index (Phi) is 5.10. The van der Waals surface area contributed by atoms with E-state index in [1.54, 1.807) is 24.5 Å². The predicted octanol–water partition coefficient (Wildman–Crippen LogP) is 2.24. The maximum Gasteiger partial charge on any atom is 0.245 e. The SMILES string of the molecule is Cc1ccc2cccc(S(=O)(=O)N3CCC(Oc4cncc(N(C)C)n4)C3)c2n1. The van der Waals surface area contributed by atoms with Gasteiger partial charge < -0.3 is 9.64 Å². The van der Waals surface area contributed by atoms with E-state index in [-0.39, 0.29) is 17.5 Å². The van der Waals surface area contributed by atoms with E-state index in [0.717, 1.165) is 11.1 Å². The third-order valence-corrected chi connectivity index (χ3v) is 6.79. The number of hydrogen-bond acceptors (Lipinski definition) is 7. The Morgan fingerprint density at radius 1 is 1.14 bits per heavy atom. The zero-order valence-electron chi connectivity index (χ0n) is 16.6. The number of pyridine rings is 1. The topological polar surface area (TPSA) is 88.5 Å². The van der Waals surface area contributed by atoms with Crippen LogP contribution in [0.4, 0.5) is 5.82 Å². The number of hydrogen-bond donors (Lipinski definition) is 0. The minimum atomic E-state index is -3.68. The summed E-state index contributed by atoms with van der Waals surface area (Å²) >= 11 is 0. The van der Waals surface area contributed by atoms with Crippen LogP contribution in [0.3, 0.4) is 0 Å². The summed E-state index contributed by atoms with van der Waals surface area (Å²) in [6.07, 6.45) is 3.50. The summed E-state index contributed by atoms with van der Waals surface area (Å²) in [5, 5.41) is 0.805. The molecule has 1 saturated heterocycles. The molecule has 0 spiro atoms. The van der Waals surface area contributed by atoms with Crippen LogP contribution in [0.5, 0.6) is 5.88 Å². The zero-order chi connectivity index (χ0) is 20.6. The molecule has 9 heteroatoms. The lowest BCUT2D eigenvalue weighted by atomic mass is 10.2. The molecule has 1 aromatic carbocycles. The number of nitrogens with zero attached hydrogens (tertiary/aromatic N) is 5. The largest absolute Gasteiger partial charge is 0.472 e. The lowest BCUT2D eigenvalue weighted by Crippen LogP contribution is -2.31. The van der Waals surface area contributed by atoms with Crippen molar-refractivity contribution in [1.29, 1.82) is 0 Å². The lowest BCUT2D eigenvalue weighted by Gasteiger charge is -2.18. The van der Waals surface area contributed by atoms with E-state index in [1.807, 2.05) is 44.1 Å². The first kappa shape index (κ1) is 19.5. The molecule has 2 aromatic heterocycles. The first-order valence-corrected chi connectivity index (χ1v) is 10.8. The Morgan fingerprint density at radius 3 is 2.76 bits per heavy atom. The molecule has 3 heterocycles. The van der Waals surface area contributed by atoms with Crippen molar-refractivity contribution in [1.82, 2.24) is 19.3 Å². The minimum Gasteiger partial charge on any atom is -0.472 e. The smallest absolute Gasteiger partial charge is 0.245 e. The van der Waals surface area contributed by atoms with Gasteiger partial charge in [-0.25, -0.2) is 8.42 Å². The van der Waals surface area contributed by atoms with Crippen LogP contribution in [0.25, 0.3) is 10.9 Å². The summed E-state index contributed by atoms with van der Waals surface area (Å²) < 4.78 is 34.0. The highest BCUT2D eigenvalue weighted by Crippen LogP contribution is 2.28. The molecule has 8 nitrogen and oxygen atoms in total. The predicted molar refractivity (Wildman–Crippen MR) is 111 cm³/mol. The van der Waals surface area contributed by atoms with Gasteiger partial charge in [-0.1, -0.05) is 18.2 Å². The van der Waals surface area contributed by atoms with Crippen LogP contribution in [-0.4, -0.2) is 61.0 Å². The molecule has 29 heavy (non-hydrogen) atoms. The summed E-state index contributed by atoms with van der Waals surface area (Å²) in [5.41, 5.74) is 1.28. The molecule has 1 aliphatic rings. The van der Waals surface area contributed by atoms with Gasteiger partial charge in [-0.2, -0.15) is 9.29 Å². The van der Waals surface area contributed by atoms with Crippen molar-refractivity contribution in [2.45, 2.75) is 24.3 Å². The molecule has 152 valence electrons. The first-order chi connectivity index (χ1) is 13.8. The van der Waals surface area contributed by atoms with Crippen LogP contribution < -0.4 is 9.64 Å². The molecule has 0 radical (unpaired) electrons. The molecule has 0 saturated carbocycles. The molecule has 0 N–H and O–H groups in total. The molecule has 4 rings (SSSR count). The average Bonchev–Trinajstić information content (AvgIpc) is 3.17. The maximum absolute atomic E-state index is 13.3. The van der Waals surface area contributed by atoms with E-state index in [9.17, 15) is 8.42 Å². The quantitative estimate of drug-likeness (QED) is 0.634. The van der Waals surface area contributed by atoms with Crippen LogP contribution in [0.15, 0.2) is 47.6 Å². The Labute approximate surface area is 170 Å². The fourth-order valence-electron chi connectivity index (χ4n) is 3.36. The van der Waals surface area contributed by atoms with Gasteiger partial charge in [-0.15, -0.1) is 0 Å². The van der Waals surface area contributed by atoms with Crippen molar-refractivity contribution in [3.63, 3.8) is 0 Å². The average molecular weight is 414 g/mol. The molecule has 1 fully saturated rings. The summed E-state index contributed by atoms with van der Waals surface area (Å²) in [7, 11) is 0.0630. The van der Waals surface area contributed by atoms with Gasteiger partial charge in [-0.05, 0) is 25.5 Å². The van der Waals surface area contributed by atoms with E-state index in [1.165, 1.54) is 4.31 Å². The highest BCUT2D eigenvalue weighted by atomic mass is 32.2. The molecule has 3 aromatic rings. The third-order valence-electron chi connectivity index (χ3n) is 4.89. The van der Waals surface area contributed by atoms with E-state index < -0.39 is 10.0 Å². The Morgan fingerprint density at radius 2 is 1.97 bits per heavy atom. The number of fused-ring (bicyclic) bond motifs is 1. The van der Waals surface area contributed by atoms with Crippen LogP contribution in [0.2, 0.25) is 0 Å². The number of sulfonamides is 1. The number of rotatable bonds is 5. The molecule has 1 aliphatic heterocycles. The fraction of sp³-hybridized carbons (Fsp3) is 0.350. The summed E-state index contributed by atoms with van der Waals surface area (Å²) in [5.74, 6) is 1.07.